The molecule has 0 spiro atoms. The van der Waals surface area contributed by atoms with Crippen LogP contribution in [0.4, 0.5) is 4.39 Å². The molecule has 1 nitrogen and oxygen atoms in total. The van der Waals surface area contributed by atoms with Crippen LogP contribution in [0.1, 0.15) is 5.56 Å². The van der Waals surface area contributed by atoms with Gasteiger partial charge < -0.3 is 4.74 Å². The lowest BCUT2D eigenvalue weighted by molar-refractivity contribution is 0.405. The van der Waals surface area contributed by atoms with Crippen molar-refractivity contribution in [3.8, 4) is 0 Å². The molecule has 1 aliphatic heterocycles. The molecule has 2 heteroatoms. The van der Waals surface area contributed by atoms with Crippen molar-refractivity contribution in [2.75, 3.05) is 6.61 Å². The fourth-order valence-electron chi connectivity index (χ4n) is 1.10. The first kappa shape index (κ1) is 6.80. The van der Waals surface area contributed by atoms with Gasteiger partial charge in [-0.25, -0.2) is 4.39 Å². The molecule has 2 rings (SSSR count). The lowest BCUT2D eigenvalue weighted by Crippen LogP contribution is -1.95. The third-order valence-electron chi connectivity index (χ3n) is 1.81. The summed E-state index contributed by atoms with van der Waals surface area (Å²) in [6.07, 6.45) is 0.985. The van der Waals surface area contributed by atoms with E-state index < -0.39 is 0 Å². The Hall–Kier alpha value is -0.890. The van der Waals surface area contributed by atoms with E-state index in [1.807, 2.05) is 6.07 Å². The summed E-state index contributed by atoms with van der Waals surface area (Å²) in [5, 5.41) is 0. The van der Waals surface area contributed by atoms with Crippen LogP contribution in [0.15, 0.2) is 24.3 Å². The van der Waals surface area contributed by atoms with Crippen LogP contribution in [0, 0.1) is 5.82 Å². The predicted molar refractivity (Wildman–Crippen MR) is 39.8 cm³/mol. The van der Waals surface area contributed by atoms with Crippen LogP contribution in [0.25, 0.3) is 0 Å². The number of hydrogen-bond acceptors (Lipinski definition) is 1. The van der Waals surface area contributed by atoms with Crippen LogP contribution in [-0.2, 0) is 11.2 Å². The van der Waals surface area contributed by atoms with Gasteiger partial charge in [-0.05, 0) is 11.6 Å². The first-order valence-corrected chi connectivity index (χ1v) is 3.71. The van der Waals surface area contributed by atoms with Gasteiger partial charge in [-0.1, -0.05) is 18.2 Å². The van der Waals surface area contributed by atoms with E-state index in [1.165, 1.54) is 6.07 Å². The maximum atomic E-state index is 12.9. The number of ether oxygens (including phenoxy) is 1. The minimum Gasteiger partial charge on any atom is -0.373 e. The molecule has 58 valence electrons. The molecular weight excluding hydrogens is 143 g/mol. The Bertz CT molecular complexity index is 255. The van der Waals surface area contributed by atoms with E-state index in [1.54, 1.807) is 12.1 Å². The van der Waals surface area contributed by atoms with Gasteiger partial charge in [0.25, 0.3) is 0 Å². The minimum atomic E-state index is -0.122. The Morgan fingerprint density at radius 2 is 2.18 bits per heavy atom. The van der Waals surface area contributed by atoms with Crippen molar-refractivity contribution in [3.63, 3.8) is 0 Å². The van der Waals surface area contributed by atoms with Gasteiger partial charge in [0.1, 0.15) is 5.82 Å². The van der Waals surface area contributed by atoms with E-state index in [9.17, 15) is 4.39 Å². The van der Waals surface area contributed by atoms with E-state index in [0.29, 0.717) is 6.42 Å². The van der Waals surface area contributed by atoms with Gasteiger partial charge in [-0.3, -0.25) is 0 Å². The average Bonchev–Trinajstić information content (AvgIpc) is 2.78. The Balaban J connectivity index is 2.15. The first-order valence-electron chi connectivity index (χ1n) is 3.71. The van der Waals surface area contributed by atoms with Gasteiger partial charge in [-0.15, -0.1) is 0 Å². The second kappa shape index (κ2) is 2.62. The number of rotatable bonds is 2. The fourth-order valence-corrected chi connectivity index (χ4v) is 1.10. The monoisotopic (exact) mass is 152 g/mol. The molecule has 1 fully saturated rings. The zero-order valence-electron chi connectivity index (χ0n) is 6.09. The molecule has 0 aromatic heterocycles. The van der Waals surface area contributed by atoms with Crippen molar-refractivity contribution in [1.29, 1.82) is 0 Å². The normalized spacial score (nSPS) is 21.7. The molecule has 1 unspecified atom stereocenters. The molecule has 1 atom stereocenters. The molecule has 0 aliphatic carbocycles. The van der Waals surface area contributed by atoms with Crippen LogP contribution in [-0.4, -0.2) is 12.7 Å². The molecule has 0 saturated carbocycles. The third kappa shape index (κ3) is 1.57. The third-order valence-corrected chi connectivity index (χ3v) is 1.81. The zero-order valence-corrected chi connectivity index (χ0v) is 6.09. The van der Waals surface area contributed by atoms with E-state index >= 15 is 0 Å². The van der Waals surface area contributed by atoms with E-state index in [-0.39, 0.29) is 11.9 Å². The summed E-state index contributed by atoms with van der Waals surface area (Å²) < 4.78 is 17.9. The molecule has 1 aromatic rings. The highest BCUT2D eigenvalue weighted by molar-refractivity contribution is 5.18. The van der Waals surface area contributed by atoms with Crippen LogP contribution in [0.3, 0.4) is 0 Å². The summed E-state index contributed by atoms with van der Waals surface area (Å²) in [6.45, 7) is 0.786. The van der Waals surface area contributed by atoms with Gasteiger partial charge in [0, 0.05) is 6.42 Å². The largest absolute Gasteiger partial charge is 0.373 e. The highest BCUT2D eigenvalue weighted by Crippen LogP contribution is 2.17. The topological polar surface area (TPSA) is 12.5 Å². The summed E-state index contributed by atoms with van der Waals surface area (Å²) in [6, 6.07) is 6.84. The number of epoxide rings is 1. The second-order valence-electron chi connectivity index (χ2n) is 2.75. The Morgan fingerprint density at radius 3 is 2.82 bits per heavy atom. The first-order chi connectivity index (χ1) is 5.36. The van der Waals surface area contributed by atoms with Gasteiger partial charge in [0.2, 0.25) is 0 Å². The lowest BCUT2D eigenvalue weighted by Gasteiger charge is -1.97. The van der Waals surface area contributed by atoms with Crippen molar-refractivity contribution >= 4 is 0 Å². The molecule has 1 aromatic carbocycles. The average molecular weight is 152 g/mol. The van der Waals surface area contributed by atoms with E-state index in [0.717, 1.165) is 12.2 Å². The highest BCUT2D eigenvalue weighted by atomic mass is 19.1. The van der Waals surface area contributed by atoms with Crippen molar-refractivity contribution in [1.82, 2.24) is 0 Å². The van der Waals surface area contributed by atoms with Crippen molar-refractivity contribution in [2.24, 2.45) is 0 Å². The predicted octanol–water partition coefficient (Wildman–Crippen LogP) is 1.77. The maximum absolute atomic E-state index is 12.9. The van der Waals surface area contributed by atoms with E-state index in [4.69, 9.17) is 4.74 Å². The van der Waals surface area contributed by atoms with Crippen molar-refractivity contribution in [2.45, 2.75) is 12.5 Å². The molecule has 0 radical (unpaired) electrons. The van der Waals surface area contributed by atoms with Crippen molar-refractivity contribution in [3.05, 3.63) is 35.6 Å². The van der Waals surface area contributed by atoms with E-state index in [2.05, 4.69) is 0 Å². The molecule has 1 heterocycles. The van der Waals surface area contributed by atoms with Gasteiger partial charge in [-0.2, -0.15) is 0 Å². The Morgan fingerprint density at radius 1 is 1.45 bits per heavy atom. The maximum Gasteiger partial charge on any atom is 0.126 e. The van der Waals surface area contributed by atoms with Crippen LogP contribution in [0.2, 0.25) is 0 Å². The summed E-state index contributed by atoms with van der Waals surface area (Å²) in [4.78, 5) is 0. The lowest BCUT2D eigenvalue weighted by atomic mass is 10.1. The molecule has 1 saturated heterocycles. The summed E-state index contributed by atoms with van der Waals surface area (Å²) >= 11 is 0. The van der Waals surface area contributed by atoms with Gasteiger partial charge in [0.15, 0.2) is 0 Å². The minimum absolute atomic E-state index is 0.122. The SMILES string of the molecule is Fc1ccccc1CC1CO1. The molecule has 11 heavy (non-hydrogen) atoms. The Kier molecular flexibility index (Phi) is 1.62. The molecule has 0 bridgehead atoms. The number of hydrogen-bond donors (Lipinski definition) is 0. The fraction of sp³-hybridized carbons (Fsp3) is 0.333. The molecular formula is C9H9FO. The number of benzene rings is 1. The van der Waals surface area contributed by atoms with Crippen LogP contribution in [0.5, 0.6) is 0 Å². The molecule has 0 amide bonds. The van der Waals surface area contributed by atoms with Crippen LogP contribution >= 0.6 is 0 Å². The second-order valence-corrected chi connectivity index (χ2v) is 2.75. The smallest absolute Gasteiger partial charge is 0.126 e. The van der Waals surface area contributed by atoms with Crippen molar-refractivity contribution < 1.29 is 9.13 Å². The van der Waals surface area contributed by atoms with Gasteiger partial charge in [0.05, 0.1) is 12.7 Å². The number of halogens is 1. The van der Waals surface area contributed by atoms with Crippen LogP contribution < -0.4 is 0 Å². The van der Waals surface area contributed by atoms with Gasteiger partial charge >= 0.3 is 0 Å². The highest BCUT2D eigenvalue weighted by Gasteiger charge is 2.23. The molecule has 1 aliphatic rings. The standard InChI is InChI=1S/C9H9FO/c10-9-4-2-1-3-7(9)5-8-6-11-8/h1-4,8H,5-6H2. The molecule has 0 N–H and O–H groups in total. The Labute approximate surface area is 64.8 Å². The zero-order chi connectivity index (χ0) is 7.68. The quantitative estimate of drug-likeness (QED) is 0.588. The summed E-state index contributed by atoms with van der Waals surface area (Å²) in [5.41, 5.74) is 0.759. The summed E-state index contributed by atoms with van der Waals surface area (Å²) in [7, 11) is 0. The summed E-state index contributed by atoms with van der Waals surface area (Å²) in [5.74, 6) is -0.122.